The molecule has 0 radical (unpaired) electrons. The third-order valence-corrected chi connectivity index (χ3v) is 4.80. The fraction of sp³-hybridized carbons (Fsp3) is 0.421. The molecule has 27 heavy (non-hydrogen) atoms. The lowest BCUT2D eigenvalue weighted by molar-refractivity contribution is -0.131. The molecule has 0 spiro atoms. The highest BCUT2D eigenvalue weighted by Gasteiger charge is 2.28. The molecule has 1 saturated heterocycles. The average Bonchev–Trinajstić information content (AvgIpc) is 3.30. The number of aromatic amines is 1. The third-order valence-electron chi connectivity index (χ3n) is 4.55. The van der Waals surface area contributed by atoms with Gasteiger partial charge in [0.2, 0.25) is 11.8 Å². The van der Waals surface area contributed by atoms with Gasteiger partial charge in [-0.15, -0.1) is 0 Å². The van der Waals surface area contributed by atoms with E-state index in [1.54, 1.807) is 17.0 Å². The molecule has 2 amide bonds. The van der Waals surface area contributed by atoms with Gasteiger partial charge in [-0.2, -0.15) is 5.10 Å². The Morgan fingerprint density at radius 1 is 1.37 bits per heavy atom. The minimum absolute atomic E-state index is 0.0515. The summed E-state index contributed by atoms with van der Waals surface area (Å²) in [5.74, 6) is 0.744. The van der Waals surface area contributed by atoms with Crippen molar-refractivity contribution in [3.63, 3.8) is 0 Å². The summed E-state index contributed by atoms with van der Waals surface area (Å²) in [6.45, 7) is 3.31. The second-order valence-corrected chi connectivity index (χ2v) is 7.04. The Morgan fingerprint density at radius 3 is 2.89 bits per heavy atom. The van der Waals surface area contributed by atoms with Gasteiger partial charge >= 0.3 is 0 Å². The van der Waals surface area contributed by atoms with Crippen LogP contribution in [0.25, 0.3) is 0 Å². The first-order chi connectivity index (χ1) is 13.0. The molecule has 1 aliphatic heterocycles. The van der Waals surface area contributed by atoms with Crippen LogP contribution < -0.4 is 10.1 Å². The number of benzene rings is 1. The summed E-state index contributed by atoms with van der Waals surface area (Å²) in [6, 6.07) is 9.31. The summed E-state index contributed by atoms with van der Waals surface area (Å²) in [5.41, 5.74) is 1.97. The van der Waals surface area contributed by atoms with Crippen LogP contribution in [0.2, 0.25) is 5.02 Å². The standard InChI is InChI=1S/C19H23ClN4O3/c1-13(25)21-11-19(26)24-8-6-14(12-24)18-10-16(22-23-18)7-9-27-17-4-2-15(20)3-5-17/h2-5,10,14H,6-9,11-12H2,1H3,(H,21,25)(H,22,23)/t14-/m1/s1. The average molecular weight is 391 g/mol. The maximum atomic E-state index is 12.1. The first-order valence-corrected chi connectivity index (χ1v) is 9.34. The van der Waals surface area contributed by atoms with E-state index in [1.165, 1.54) is 6.92 Å². The van der Waals surface area contributed by atoms with Crippen molar-refractivity contribution in [3.05, 3.63) is 46.7 Å². The van der Waals surface area contributed by atoms with Crippen LogP contribution in [0.1, 0.15) is 30.7 Å². The van der Waals surface area contributed by atoms with Crippen molar-refractivity contribution in [2.45, 2.75) is 25.7 Å². The highest BCUT2D eigenvalue weighted by Crippen LogP contribution is 2.26. The molecule has 0 bridgehead atoms. The number of hydrogen-bond donors (Lipinski definition) is 2. The highest BCUT2D eigenvalue weighted by molar-refractivity contribution is 6.30. The van der Waals surface area contributed by atoms with E-state index in [0.29, 0.717) is 31.1 Å². The van der Waals surface area contributed by atoms with Crippen LogP contribution in [0.4, 0.5) is 0 Å². The normalized spacial score (nSPS) is 16.4. The number of ether oxygens (including phenoxy) is 1. The number of nitrogens with zero attached hydrogens (tertiary/aromatic N) is 2. The van der Waals surface area contributed by atoms with Crippen LogP contribution in [0, 0.1) is 0 Å². The van der Waals surface area contributed by atoms with E-state index < -0.39 is 0 Å². The molecule has 1 aromatic heterocycles. The molecular formula is C19H23ClN4O3. The van der Waals surface area contributed by atoms with E-state index in [2.05, 4.69) is 15.5 Å². The summed E-state index contributed by atoms with van der Waals surface area (Å²) in [6.07, 6.45) is 1.59. The van der Waals surface area contributed by atoms with Gasteiger partial charge in [0.1, 0.15) is 5.75 Å². The van der Waals surface area contributed by atoms with Gasteiger partial charge in [-0.05, 0) is 36.8 Å². The summed E-state index contributed by atoms with van der Waals surface area (Å²) in [7, 11) is 0. The molecule has 8 heteroatoms. The summed E-state index contributed by atoms with van der Waals surface area (Å²) in [4.78, 5) is 24.8. The predicted molar refractivity (Wildman–Crippen MR) is 102 cm³/mol. The van der Waals surface area contributed by atoms with E-state index >= 15 is 0 Å². The second-order valence-electron chi connectivity index (χ2n) is 6.61. The second kappa shape index (κ2) is 8.90. The number of carbonyl (C=O) groups is 2. The topological polar surface area (TPSA) is 87.3 Å². The first-order valence-electron chi connectivity index (χ1n) is 8.96. The van der Waals surface area contributed by atoms with Gasteiger partial charge in [-0.25, -0.2) is 0 Å². The summed E-state index contributed by atoms with van der Waals surface area (Å²) in [5, 5.41) is 10.7. The lowest BCUT2D eigenvalue weighted by atomic mass is 10.0. The van der Waals surface area contributed by atoms with Crippen molar-refractivity contribution in [2.24, 2.45) is 0 Å². The van der Waals surface area contributed by atoms with Crippen molar-refractivity contribution in [3.8, 4) is 5.75 Å². The SMILES string of the molecule is CC(=O)NCC(=O)N1CC[C@@H](c2cc(CCOc3ccc(Cl)cc3)[nH]n2)C1. The van der Waals surface area contributed by atoms with Gasteiger partial charge in [-0.1, -0.05) is 11.6 Å². The molecule has 2 aromatic rings. The number of nitrogens with one attached hydrogen (secondary N) is 2. The van der Waals surface area contributed by atoms with E-state index in [-0.39, 0.29) is 24.3 Å². The molecule has 1 aromatic carbocycles. The van der Waals surface area contributed by atoms with Crippen molar-refractivity contribution in [2.75, 3.05) is 26.2 Å². The van der Waals surface area contributed by atoms with Crippen LogP contribution in [-0.2, 0) is 16.0 Å². The van der Waals surface area contributed by atoms with E-state index in [9.17, 15) is 9.59 Å². The number of carbonyl (C=O) groups excluding carboxylic acids is 2. The lowest BCUT2D eigenvalue weighted by Crippen LogP contribution is -2.38. The summed E-state index contributed by atoms with van der Waals surface area (Å²) >= 11 is 5.86. The zero-order valence-corrected chi connectivity index (χ0v) is 16.0. The maximum absolute atomic E-state index is 12.1. The van der Waals surface area contributed by atoms with Gasteiger partial charge in [0.05, 0.1) is 18.8 Å². The zero-order valence-electron chi connectivity index (χ0n) is 15.2. The zero-order chi connectivity index (χ0) is 19.2. The minimum atomic E-state index is -0.197. The number of hydrogen-bond acceptors (Lipinski definition) is 4. The molecule has 2 heterocycles. The van der Waals surface area contributed by atoms with Crippen molar-refractivity contribution in [1.82, 2.24) is 20.4 Å². The lowest BCUT2D eigenvalue weighted by Gasteiger charge is -2.16. The fourth-order valence-corrected chi connectivity index (χ4v) is 3.19. The van der Waals surface area contributed by atoms with Crippen LogP contribution in [0.3, 0.4) is 0 Å². The Morgan fingerprint density at radius 2 is 2.15 bits per heavy atom. The highest BCUT2D eigenvalue weighted by atomic mass is 35.5. The smallest absolute Gasteiger partial charge is 0.241 e. The molecule has 0 saturated carbocycles. The van der Waals surface area contributed by atoms with Gasteiger partial charge in [0.25, 0.3) is 0 Å². The van der Waals surface area contributed by atoms with E-state index in [1.807, 2.05) is 18.2 Å². The molecular weight excluding hydrogens is 368 g/mol. The Kier molecular flexibility index (Phi) is 6.34. The Balaban J connectivity index is 1.45. The molecule has 3 rings (SSSR count). The monoisotopic (exact) mass is 390 g/mol. The van der Waals surface area contributed by atoms with Gasteiger partial charge in [-0.3, -0.25) is 14.7 Å². The number of amides is 2. The molecule has 0 aliphatic carbocycles. The molecule has 7 nitrogen and oxygen atoms in total. The maximum Gasteiger partial charge on any atom is 0.241 e. The molecule has 2 N–H and O–H groups in total. The number of rotatable bonds is 7. The van der Waals surface area contributed by atoms with Crippen LogP contribution in [0.5, 0.6) is 5.75 Å². The van der Waals surface area contributed by atoms with E-state index in [4.69, 9.17) is 16.3 Å². The van der Waals surface area contributed by atoms with Crippen LogP contribution in [0.15, 0.2) is 30.3 Å². The number of halogens is 1. The minimum Gasteiger partial charge on any atom is -0.493 e. The van der Waals surface area contributed by atoms with Crippen molar-refractivity contribution >= 4 is 23.4 Å². The van der Waals surface area contributed by atoms with Gasteiger partial charge in [0, 0.05) is 43.1 Å². The van der Waals surface area contributed by atoms with Crippen molar-refractivity contribution < 1.29 is 14.3 Å². The first kappa shape index (κ1) is 19.2. The molecule has 144 valence electrons. The Bertz CT molecular complexity index is 791. The number of aromatic nitrogens is 2. The Hall–Kier alpha value is -2.54. The predicted octanol–water partition coefficient (Wildman–Crippen LogP) is 2.14. The molecule has 1 atom stereocenters. The summed E-state index contributed by atoms with van der Waals surface area (Å²) < 4.78 is 5.70. The molecule has 1 aliphatic rings. The quantitative estimate of drug-likeness (QED) is 0.758. The number of likely N-dealkylation sites (tertiary alicyclic amines) is 1. The van der Waals surface area contributed by atoms with Gasteiger partial charge < -0.3 is 15.0 Å². The number of H-pyrrole nitrogens is 1. The largest absolute Gasteiger partial charge is 0.493 e. The Labute approximate surface area is 163 Å². The molecule has 1 fully saturated rings. The van der Waals surface area contributed by atoms with E-state index in [0.717, 1.165) is 23.6 Å². The fourth-order valence-electron chi connectivity index (χ4n) is 3.07. The van der Waals surface area contributed by atoms with Crippen LogP contribution >= 0.6 is 11.6 Å². The van der Waals surface area contributed by atoms with Crippen molar-refractivity contribution in [1.29, 1.82) is 0 Å². The molecule has 0 unspecified atom stereocenters. The van der Waals surface area contributed by atoms with Crippen LogP contribution in [-0.4, -0.2) is 53.2 Å². The van der Waals surface area contributed by atoms with Gasteiger partial charge in [0.15, 0.2) is 0 Å². The third kappa shape index (κ3) is 5.47.